The highest BCUT2D eigenvalue weighted by molar-refractivity contribution is 5.20. The maximum atomic E-state index is 5.16. The Labute approximate surface area is 101 Å². The fourth-order valence-corrected chi connectivity index (χ4v) is 1.61. The number of hydrogen-bond donors (Lipinski definition) is 0. The SMILES string of the molecule is C=C/C=C(\C/C=C\CC)C(C)(C)CCOC. The van der Waals surface area contributed by atoms with Gasteiger partial charge in [-0.25, -0.2) is 0 Å². The fraction of sp³-hybridized carbons (Fsp3) is 0.600. The summed E-state index contributed by atoms with van der Waals surface area (Å²) in [5, 5.41) is 0. The van der Waals surface area contributed by atoms with Crippen LogP contribution in [0.5, 0.6) is 0 Å². The van der Waals surface area contributed by atoms with Crippen molar-refractivity contribution in [2.45, 2.75) is 40.0 Å². The van der Waals surface area contributed by atoms with E-state index in [1.165, 1.54) is 5.57 Å². The molecule has 0 amide bonds. The molecule has 0 atom stereocenters. The van der Waals surface area contributed by atoms with E-state index in [1.54, 1.807) is 7.11 Å². The minimum Gasteiger partial charge on any atom is -0.385 e. The molecule has 0 aliphatic rings. The van der Waals surface area contributed by atoms with Gasteiger partial charge in [0.15, 0.2) is 0 Å². The Morgan fingerprint density at radius 3 is 2.50 bits per heavy atom. The van der Waals surface area contributed by atoms with Crippen LogP contribution in [-0.2, 0) is 4.74 Å². The highest BCUT2D eigenvalue weighted by atomic mass is 16.5. The molecule has 0 aromatic carbocycles. The smallest absolute Gasteiger partial charge is 0.0470 e. The molecule has 0 radical (unpaired) electrons. The van der Waals surface area contributed by atoms with Crippen LogP contribution in [0.15, 0.2) is 36.5 Å². The molecule has 0 aromatic rings. The third-order valence-electron chi connectivity index (χ3n) is 2.86. The van der Waals surface area contributed by atoms with Crippen molar-refractivity contribution in [3.05, 3.63) is 36.5 Å². The molecule has 0 bridgehead atoms. The average molecular weight is 222 g/mol. The second kappa shape index (κ2) is 8.35. The lowest BCUT2D eigenvalue weighted by Crippen LogP contribution is -2.17. The number of allylic oxidation sites excluding steroid dienone is 5. The maximum absolute atomic E-state index is 5.16. The topological polar surface area (TPSA) is 9.23 Å². The third kappa shape index (κ3) is 5.92. The van der Waals surface area contributed by atoms with Gasteiger partial charge in [0.2, 0.25) is 0 Å². The van der Waals surface area contributed by atoms with Crippen LogP contribution < -0.4 is 0 Å². The molecule has 0 heterocycles. The Hall–Kier alpha value is -0.820. The molecular weight excluding hydrogens is 196 g/mol. The van der Waals surface area contributed by atoms with Gasteiger partial charge in [0.05, 0.1) is 0 Å². The van der Waals surface area contributed by atoms with Crippen LogP contribution in [0.2, 0.25) is 0 Å². The van der Waals surface area contributed by atoms with Gasteiger partial charge in [-0.05, 0) is 24.7 Å². The van der Waals surface area contributed by atoms with Crippen molar-refractivity contribution in [1.29, 1.82) is 0 Å². The molecule has 92 valence electrons. The summed E-state index contributed by atoms with van der Waals surface area (Å²) >= 11 is 0. The summed E-state index contributed by atoms with van der Waals surface area (Å²) in [7, 11) is 1.75. The second-order valence-corrected chi connectivity index (χ2v) is 4.64. The maximum Gasteiger partial charge on any atom is 0.0470 e. The Morgan fingerprint density at radius 1 is 1.31 bits per heavy atom. The minimum absolute atomic E-state index is 0.183. The summed E-state index contributed by atoms with van der Waals surface area (Å²) in [4.78, 5) is 0. The molecule has 1 nitrogen and oxygen atoms in total. The lowest BCUT2D eigenvalue weighted by Gasteiger charge is -2.27. The van der Waals surface area contributed by atoms with Crippen LogP contribution >= 0.6 is 0 Å². The van der Waals surface area contributed by atoms with E-state index in [-0.39, 0.29) is 5.41 Å². The first-order chi connectivity index (χ1) is 7.58. The summed E-state index contributed by atoms with van der Waals surface area (Å²) in [5.74, 6) is 0. The largest absolute Gasteiger partial charge is 0.385 e. The summed E-state index contributed by atoms with van der Waals surface area (Å²) in [6, 6.07) is 0. The second-order valence-electron chi connectivity index (χ2n) is 4.64. The lowest BCUT2D eigenvalue weighted by atomic mass is 9.79. The van der Waals surface area contributed by atoms with E-state index in [1.807, 2.05) is 6.08 Å². The zero-order valence-electron chi connectivity index (χ0n) is 11.3. The van der Waals surface area contributed by atoms with Crippen molar-refractivity contribution in [3.8, 4) is 0 Å². The van der Waals surface area contributed by atoms with Gasteiger partial charge in [-0.2, -0.15) is 0 Å². The number of rotatable bonds is 8. The molecule has 0 fully saturated rings. The minimum atomic E-state index is 0.183. The summed E-state index contributed by atoms with van der Waals surface area (Å²) < 4.78 is 5.16. The van der Waals surface area contributed by atoms with Crippen LogP contribution in [0.4, 0.5) is 0 Å². The van der Waals surface area contributed by atoms with Crippen LogP contribution in [0.1, 0.15) is 40.0 Å². The first-order valence-corrected chi connectivity index (χ1v) is 6.04. The van der Waals surface area contributed by atoms with Crippen molar-refractivity contribution < 1.29 is 4.74 Å². The standard InChI is InChI=1S/C15H26O/c1-6-8-9-11-14(10-7-2)15(3,4)12-13-16-5/h7-10H,2,6,11-13H2,1,3-5H3/b9-8-,14-10+. The van der Waals surface area contributed by atoms with Crippen LogP contribution in [-0.4, -0.2) is 13.7 Å². The molecule has 0 unspecified atom stereocenters. The van der Waals surface area contributed by atoms with Gasteiger partial charge in [0.25, 0.3) is 0 Å². The highest BCUT2D eigenvalue weighted by Gasteiger charge is 2.21. The molecular formula is C15H26O. The van der Waals surface area contributed by atoms with Gasteiger partial charge in [-0.3, -0.25) is 0 Å². The fourth-order valence-electron chi connectivity index (χ4n) is 1.61. The Kier molecular flexibility index (Phi) is 7.92. The molecule has 0 saturated carbocycles. The van der Waals surface area contributed by atoms with E-state index in [0.29, 0.717) is 0 Å². The quantitative estimate of drug-likeness (QED) is 0.433. The molecule has 16 heavy (non-hydrogen) atoms. The van der Waals surface area contributed by atoms with Gasteiger partial charge < -0.3 is 4.74 Å². The molecule has 0 rings (SSSR count). The summed E-state index contributed by atoms with van der Waals surface area (Å²) in [6.45, 7) is 11.3. The van der Waals surface area contributed by atoms with Crippen molar-refractivity contribution >= 4 is 0 Å². The number of hydrogen-bond acceptors (Lipinski definition) is 1. The van der Waals surface area contributed by atoms with Crippen molar-refractivity contribution in [2.75, 3.05) is 13.7 Å². The van der Waals surface area contributed by atoms with Crippen LogP contribution in [0.3, 0.4) is 0 Å². The summed E-state index contributed by atoms with van der Waals surface area (Å²) in [6.07, 6.45) is 11.6. The van der Waals surface area contributed by atoms with Crippen LogP contribution in [0, 0.1) is 5.41 Å². The predicted octanol–water partition coefficient (Wildman–Crippen LogP) is 4.52. The summed E-state index contributed by atoms with van der Waals surface area (Å²) in [5.41, 5.74) is 1.60. The normalized spacial score (nSPS) is 13.4. The first-order valence-electron chi connectivity index (χ1n) is 6.04. The zero-order chi connectivity index (χ0) is 12.4. The molecule has 0 aliphatic carbocycles. The average Bonchev–Trinajstić information content (AvgIpc) is 2.25. The van der Waals surface area contributed by atoms with Crippen molar-refractivity contribution in [3.63, 3.8) is 0 Å². The van der Waals surface area contributed by atoms with E-state index in [0.717, 1.165) is 25.9 Å². The van der Waals surface area contributed by atoms with Gasteiger partial charge in [-0.1, -0.05) is 57.2 Å². The molecule has 1 heteroatoms. The Bertz CT molecular complexity index is 246. The van der Waals surface area contributed by atoms with Crippen molar-refractivity contribution in [1.82, 2.24) is 0 Å². The number of methoxy groups -OCH3 is 1. The zero-order valence-corrected chi connectivity index (χ0v) is 11.3. The van der Waals surface area contributed by atoms with Gasteiger partial charge in [0.1, 0.15) is 0 Å². The van der Waals surface area contributed by atoms with E-state index < -0.39 is 0 Å². The van der Waals surface area contributed by atoms with E-state index in [9.17, 15) is 0 Å². The molecule has 0 N–H and O–H groups in total. The van der Waals surface area contributed by atoms with Gasteiger partial charge >= 0.3 is 0 Å². The molecule has 0 aliphatic heterocycles. The first kappa shape index (κ1) is 15.2. The third-order valence-corrected chi connectivity index (χ3v) is 2.86. The van der Waals surface area contributed by atoms with E-state index in [2.05, 4.69) is 45.6 Å². The van der Waals surface area contributed by atoms with Crippen LogP contribution in [0.25, 0.3) is 0 Å². The lowest BCUT2D eigenvalue weighted by molar-refractivity contribution is 0.164. The van der Waals surface area contributed by atoms with Gasteiger partial charge in [0, 0.05) is 13.7 Å². The Balaban J connectivity index is 4.56. The Morgan fingerprint density at radius 2 is 2.00 bits per heavy atom. The molecule has 0 saturated heterocycles. The highest BCUT2D eigenvalue weighted by Crippen LogP contribution is 2.32. The number of ether oxygens (including phenoxy) is 1. The molecule has 0 spiro atoms. The van der Waals surface area contributed by atoms with Gasteiger partial charge in [-0.15, -0.1) is 0 Å². The van der Waals surface area contributed by atoms with Crippen molar-refractivity contribution in [2.24, 2.45) is 5.41 Å². The van der Waals surface area contributed by atoms with E-state index in [4.69, 9.17) is 4.74 Å². The predicted molar refractivity (Wildman–Crippen MR) is 72.6 cm³/mol. The monoisotopic (exact) mass is 222 g/mol. The van der Waals surface area contributed by atoms with E-state index >= 15 is 0 Å². The molecule has 0 aromatic heterocycles.